The van der Waals surface area contributed by atoms with E-state index in [-0.39, 0.29) is 11.8 Å². The number of aromatic nitrogens is 1. The maximum atomic E-state index is 12.2. The van der Waals surface area contributed by atoms with Crippen LogP contribution in [0.15, 0.2) is 30.5 Å². The van der Waals surface area contributed by atoms with Crippen LogP contribution in [-0.2, 0) is 4.79 Å². The molecule has 0 radical (unpaired) electrons. The van der Waals surface area contributed by atoms with E-state index in [1.807, 2.05) is 24.3 Å². The summed E-state index contributed by atoms with van der Waals surface area (Å²) in [5, 5.41) is 3.56. The molecule has 0 saturated carbocycles. The number of nitrogens with one attached hydrogen (secondary N) is 2. The number of hydrogen-bond donors (Lipinski definition) is 2. The van der Waals surface area contributed by atoms with Crippen molar-refractivity contribution in [3.05, 3.63) is 36.0 Å². The first kappa shape index (κ1) is 13.1. The molecular weight excluding hydrogens is 242 g/mol. The Morgan fingerprint density at radius 1 is 1.26 bits per heavy atom. The minimum atomic E-state index is -0.545. The number of H-pyrrole nitrogens is 1. The number of fused-ring (bicyclic) bond motifs is 1. The number of carbonyl (C=O) groups is 2. The molecule has 2 aromatic rings. The zero-order valence-corrected chi connectivity index (χ0v) is 11.2. The molecule has 0 spiro atoms. The minimum Gasteiger partial charge on any atom is -0.360 e. The number of carbonyl (C=O) groups excluding carboxylic acids is 2. The van der Waals surface area contributed by atoms with E-state index >= 15 is 0 Å². The minimum absolute atomic E-state index is 0.131. The summed E-state index contributed by atoms with van der Waals surface area (Å²) in [5.41, 5.74) is 1.45. The van der Waals surface area contributed by atoms with Crippen LogP contribution in [0.1, 0.15) is 17.3 Å². The number of likely N-dealkylation sites (N-methyl/N-ethyl adjacent to an activating group) is 1. The maximum absolute atomic E-state index is 12.2. The van der Waals surface area contributed by atoms with E-state index in [2.05, 4.69) is 10.3 Å². The van der Waals surface area contributed by atoms with Gasteiger partial charge in [-0.3, -0.25) is 9.59 Å². The van der Waals surface area contributed by atoms with Gasteiger partial charge in [-0.15, -0.1) is 0 Å². The van der Waals surface area contributed by atoms with Crippen LogP contribution in [0, 0.1) is 0 Å². The highest BCUT2D eigenvalue weighted by Crippen LogP contribution is 2.17. The van der Waals surface area contributed by atoms with E-state index in [1.54, 1.807) is 27.2 Å². The lowest BCUT2D eigenvalue weighted by Crippen LogP contribution is -2.44. The second kappa shape index (κ2) is 5.14. The number of nitrogens with zero attached hydrogens (tertiary/aromatic N) is 1. The predicted octanol–water partition coefficient (Wildman–Crippen LogP) is 1.37. The number of aromatic amines is 1. The summed E-state index contributed by atoms with van der Waals surface area (Å²) < 4.78 is 0. The molecule has 0 aliphatic rings. The van der Waals surface area contributed by atoms with Crippen LogP contribution in [-0.4, -0.2) is 41.8 Å². The Kier molecular flexibility index (Phi) is 3.55. The molecule has 0 bridgehead atoms. The van der Waals surface area contributed by atoms with Gasteiger partial charge in [-0.1, -0.05) is 18.2 Å². The molecule has 0 aliphatic carbocycles. The Bertz CT molecular complexity index is 616. The molecular formula is C14H17N3O2. The first-order chi connectivity index (χ1) is 9.00. The lowest BCUT2D eigenvalue weighted by atomic mass is 10.1. The van der Waals surface area contributed by atoms with Crippen LogP contribution in [0.3, 0.4) is 0 Å². The summed E-state index contributed by atoms with van der Waals surface area (Å²) in [6.45, 7) is 1.68. The Labute approximate surface area is 111 Å². The molecule has 1 aromatic carbocycles. The van der Waals surface area contributed by atoms with Gasteiger partial charge in [0.05, 0.1) is 5.56 Å². The van der Waals surface area contributed by atoms with Gasteiger partial charge >= 0.3 is 0 Å². The highest BCUT2D eigenvalue weighted by molar-refractivity contribution is 6.07. The topological polar surface area (TPSA) is 65.2 Å². The number of para-hydroxylation sites is 1. The monoisotopic (exact) mass is 259 g/mol. The van der Waals surface area contributed by atoms with Gasteiger partial charge in [0.25, 0.3) is 5.91 Å². The average Bonchev–Trinajstić information content (AvgIpc) is 2.81. The summed E-state index contributed by atoms with van der Waals surface area (Å²) in [7, 11) is 3.33. The average molecular weight is 259 g/mol. The fourth-order valence-corrected chi connectivity index (χ4v) is 1.98. The lowest BCUT2D eigenvalue weighted by molar-refractivity contribution is -0.130. The quantitative estimate of drug-likeness (QED) is 0.874. The van der Waals surface area contributed by atoms with Crippen LogP contribution in [0.5, 0.6) is 0 Å². The van der Waals surface area contributed by atoms with Gasteiger partial charge < -0.3 is 15.2 Å². The lowest BCUT2D eigenvalue weighted by Gasteiger charge is -2.17. The standard InChI is InChI=1S/C14H17N3O2/c1-9(14(19)17(2)3)16-13(18)11-8-15-12-7-5-4-6-10(11)12/h4-9,15H,1-3H3,(H,16,18). The summed E-state index contributed by atoms with van der Waals surface area (Å²) >= 11 is 0. The van der Waals surface area contributed by atoms with E-state index in [1.165, 1.54) is 4.90 Å². The van der Waals surface area contributed by atoms with Gasteiger partial charge in [-0.05, 0) is 13.0 Å². The van der Waals surface area contributed by atoms with Crippen LogP contribution in [0.2, 0.25) is 0 Å². The first-order valence-corrected chi connectivity index (χ1v) is 6.09. The molecule has 1 unspecified atom stereocenters. The Balaban J connectivity index is 2.19. The normalized spacial score (nSPS) is 12.2. The first-order valence-electron chi connectivity index (χ1n) is 6.09. The molecule has 2 N–H and O–H groups in total. The second-order valence-corrected chi connectivity index (χ2v) is 4.68. The maximum Gasteiger partial charge on any atom is 0.254 e. The Hall–Kier alpha value is -2.30. The zero-order chi connectivity index (χ0) is 14.0. The van der Waals surface area contributed by atoms with Crippen LogP contribution in [0.4, 0.5) is 0 Å². The molecule has 100 valence electrons. The summed E-state index contributed by atoms with van der Waals surface area (Å²) in [6.07, 6.45) is 1.66. The van der Waals surface area contributed by atoms with Gasteiger partial charge in [-0.2, -0.15) is 0 Å². The summed E-state index contributed by atoms with van der Waals surface area (Å²) in [4.78, 5) is 28.4. The highest BCUT2D eigenvalue weighted by atomic mass is 16.2. The van der Waals surface area contributed by atoms with Crippen LogP contribution < -0.4 is 5.32 Å². The molecule has 2 rings (SSSR count). The van der Waals surface area contributed by atoms with Crippen molar-refractivity contribution in [3.8, 4) is 0 Å². The Morgan fingerprint density at radius 2 is 1.95 bits per heavy atom. The molecule has 1 aromatic heterocycles. The molecule has 1 atom stereocenters. The fourth-order valence-electron chi connectivity index (χ4n) is 1.98. The SMILES string of the molecule is CC(NC(=O)c1c[nH]c2ccccc12)C(=O)N(C)C. The van der Waals surface area contributed by atoms with Gasteiger partial charge in [0.2, 0.25) is 5.91 Å². The van der Waals surface area contributed by atoms with E-state index in [9.17, 15) is 9.59 Å². The van der Waals surface area contributed by atoms with Gasteiger partial charge in [-0.25, -0.2) is 0 Å². The number of rotatable bonds is 3. The van der Waals surface area contributed by atoms with Crippen molar-refractivity contribution in [2.75, 3.05) is 14.1 Å². The van der Waals surface area contributed by atoms with E-state index in [4.69, 9.17) is 0 Å². The Morgan fingerprint density at radius 3 is 2.63 bits per heavy atom. The van der Waals surface area contributed by atoms with Crippen molar-refractivity contribution in [2.45, 2.75) is 13.0 Å². The molecule has 0 fully saturated rings. The third-order valence-electron chi connectivity index (χ3n) is 2.99. The van der Waals surface area contributed by atoms with E-state index in [0.717, 1.165) is 10.9 Å². The van der Waals surface area contributed by atoms with Crippen molar-refractivity contribution in [1.29, 1.82) is 0 Å². The number of amides is 2. The highest BCUT2D eigenvalue weighted by Gasteiger charge is 2.19. The molecule has 5 heteroatoms. The van der Waals surface area contributed by atoms with Crippen molar-refractivity contribution in [1.82, 2.24) is 15.2 Å². The third-order valence-corrected chi connectivity index (χ3v) is 2.99. The van der Waals surface area contributed by atoms with Crippen molar-refractivity contribution in [2.24, 2.45) is 0 Å². The van der Waals surface area contributed by atoms with Gasteiger partial charge in [0.15, 0.2) is 0 Å². The fraction of sp³-hybridized carbons (Fsp3) is 0.286. The molecule has 0 aliphatic heterocycles. The predicted molar refractivity (Wildman–Crippen MR) is 73.9 cm³/mol. The molecule has 2 amide bonds. The molecule has 1 heterocycles. The zero-order valence-electron chi connectivity index (χ0n) is 11.2. The van der Waals surface area contributed by atoms with Crippen molar-refractivity contribution >= 4 is 22.7 Å². The van der Waals surface area contributed by atoms with Crippen molar-refractivity contribution in [3.63, 3.8) is 0 Å². The number of benzene rings is 1. The molecule has 0 saturated heterocycles. The van der Waals surface area contributed by atoms with E-state index in [0.29, 0.717) is 5.56 Å². The van der Waals surface area contributed by atoms with E-state index < -0.39 is 6.04 Å². The third kappa shape index (κ3) is 2.59. The largest absolute Gasteiger partial charge is 0.360 e. The smallest absolute Gasteiger partial charge is 0.254 e. The summed E-state index contributed by atoms with van der Waals surface area (Å²) in [6, 6.07) is 7.01. The van der Waals surface area contributed by atoms with Gasteiger partial charge in [0, 0.05) is 31.2 Å². The number of hydrogen-bond acceptors (Lipinski definition) is 2. The second-order valence-electron chi connectivity index (χ2n) is 4.68. The molecule has 19 heavy (non-hydrogen) atoms. The van der Waals surface area contributed by atoms with Crippen molar-refractivity contribution < 1.29 is 9.59 Å². The van der Waals surface area contributed by atoms with Gasteiger partial charge in [0.1, 0.15) is 6.04 Å². The summed E-state index contributed by atoms with van der Waals surface area (Å²) in [5.74, 6) is -0.381. The van der Waals surface area contributed by atoms with Crippen LogP contribution in [0.25, 0.3) is 10.9 Å². The van der Waals surface area contributed by atoms with Crippen LogP contribution >= 0.6 is 0 Å². The molecule has 5 nitrogen and oxygen atoms in total.